The number of aryl methyl sites for hydroxylation is 1. The first-order valence-corrected chi connectivity index (χ1v) is 12.6. The van der Waals surface area contributed by atoms with E-state index < -0.39 is 0 Å². The molecule has 188 valence electrons. The number of halogens is 1. The van der Waals surface area contributed by atoms with Gasteiger partial charge in [0.05, 0.1) is 23.5 Å². The third-order valence-electron chi connectivity index (χ3n) is 6.72. The van der Waals surface area contributed by atoms with Crippen LogP contribution in [0, 0.1) is 19.7 Å². The van der Waals surface area contributed by atoms with Gasteiger partial charge in [0.2, 0.25) is 5.91 Å². The molecule has 2 aromatic heterocycles. The summed E-state index contributed by atoms with van der Waals surface area (Å²) >= 11 is 5.76. The Hall–Kier alpha value is -4.04. The number of carbonyl (C=O) groups excluding carboxylic acids is 1. The summed E-state index contributed by atoms with van der Waals surface area (Å²) in [5.41, 5.74) is 4.94. The Kier molecular flexibility index (Phi) is 7.01. The molecule has 0 bridgehead atoms. The Labute approximate surface area is 221 Å². The highest BCUT2D eigenvalue weighted by Gasteiger charge is 2.41. The zero-order chi connectivity index (χ0) is 25.9. The summed E-state index contributed by atoms with van der Waals surface area (Å²) in [6, 6.07) is 23.6. The summed E-state index contributed by atoms with van der Waals surface area (Å²) in [7, 11) is 0. The number of benzene rings is 2. The van der Waals surface area contributed by atoms with Gasteiger partial charge in [-0.15, -0.1) is 0 Å². The number of aromatic nitrogens is 2. The topological polar surface area (TPSA) is 62.2 Å². The second-order valence-corrected chi connectivity index (χ2v) is 9.48. The van der Waals surface area contributed by atoms with Crippen LogP contribution < -0.4 is 10.6 Å². The van der Waals surface area contributed by atoms with E-state index in [0.717, 1.165) is 28.3 Å². The van der Waals surface area contributed by atoms with E-state index in [1.54, 1.807) is 18.3 Å². The number of hydrogen-bond donors (Lipinski definition) is 2. The van der Waals surface area contributed by atoms with Crippen molar-refractivity contribution in [3.05, 3.63) is 114 Å². The fraction of sp³-hybridized carbons (Fsp3) is 0.207. The molecule has 1 aliphatic heterocycles. The molecule has 2 atom stereocenters. The molecule has 1 saturated heterocycles. The molecule has 3 heterocycles. The highest BCUT2D eigenvalue weighted by Crippen LogP contribution is 2.41. The van der Waals surface area contributed by atoms with E-state index in [0.29, 0.717) is 17.3 Å². The van der Waals surface area contributed by atoms with E-state index in [9.17, 15) is 9.18 Å². The molecule has 6 nitrogen and oxygen atoms in total. The van der Waals surface area contributed by atoms with Crippen molar-refractivity contribution in [1.82, 2.24) is 19.8 Å². The van der Waals surface area contributed by atoms with Crippen molar-refractivity contribution in [1.29, 1.82) is 0 Å². The van der Waals surface area contributed by atoms with Crippen molar-refractivity contribution >= 4 is 28.9 Å². The van der Waals surface area contributed by atoms with Crippen LogP contribution in [0.2, 0.25) is 0 Å². The Morgan fingerprint density at radius 3 is 2.51 bits per heavy atom. The minimum atomic E-state index is -0.286. The maximum Gasteiger partial charge on any atom is 0.226 e. The Morgan fingerprint density at radius 2 is 1.78 bits per heavy atom. The van der Waals surface area contributed by atoms with E-state index in [2.05, 4.69) is 21.7 Å². The van der Waals surface area contributed by atoms with Crippen LogP contribution in [0.4, 0.5) is 10.1 Å². The van der Waals surface area contributed by atoms with Crippen LogP contribution in [0.5, 0.6) is 0 Å². The zero-order valence-corrected chi connectivity index (χ0v) is 21.5. The molecule has 2 aromatic carbocycles. The van der Waals surface area contributed by atoms with Gasteiger partial charge in [0.15, 0.2) is 5.11 Å². The van der Waals surface area contributed by atoms with Crippen LogP contribution in [0.15, 0.2) is 85.1 Å². The highest BCUT2D eigenvalue weighted by atomic mass is 32.1. The van der Waals surface area contributed by atoms with Gasteiger partial charge in [-0.05, 0) is 74.1 Å². The molecule has 1 aliphatic rings. The van der Waals surface area contributed by atoms with Gasteiger partial charge in [0.1, 0.15) is 5.82 Å². The number of pyridine rings is 1. The van der Waals surface area contributed by atoms with Gasteiger partial charge in [0.25, 0.3) is 0 Å². The smallest absolute Gasteiger partial charge is 0.226 e. The largest absolute Gasteiger partial charge is 0.352 e. The van der Waals surface area contributed by atoms with Crippen LogP contribution in [0.25, 0.3) is 5.69 Å². The number of rotatable bonds is 7. The summed E-state index contributed by atoms with van der Waals surface area (Å²) in [5.74, 6) is -0.377. The first-order chi connectivity index (χ1) is 17.9. The first kappa shape index (κ1) is 24.6. The van der Waals surface area contributed by atoms with E-state index in [1.165, 1.54) is 6.07 Å². The predicted molar refractivity (Wildman–Crippen MR) is 147 cm³/mol. The number of hydrogen-bond acceptors (Lipinski definition) is 3. The van der Waals surface area contributed by atoms with Crippen molar-refractivity contribution in [2.24, 2.45) is 0 Å². The molecule has 8 heteroatoms. The van der Waals surface area contributed by atoms with Gasteiger partial charge in [-0.1, -0.05) is 36.4 Å². The number of amides is 1. The molecular formula is C29H28FN5OS. The number of nitrogens with zero attached hydrogens (tertiary/aromatic N) is 3. The third kappa shape index (κ3) is 4.97. The molecule has 1 fully saturated rings. The molecule has 0 unspecified atom stereocenters. The lowest BCUT2D eigenvalue weighted by Gasteiger charge is -2.28. The molecule has 0 aliphatic carbocycles. The third-order valence-corrected chi connectivity index (χ3v) is 7.07. The van der Waals surface area contributed by atoms with Crippen LogP contribution in [-0.2, 0) is 4.79 Å². The number of anilines is 1. The summed E-state index contributed by atoms with van der Waals surface area (Å²) in [5, 5.41) is 6.93. The lowest BCUT2D eigenvalue weighted by Crippen LogP contribution is -2.32. The highest BCUT2D eigenvalue weighted by molar-refractivity contribution is 7.80. The Balaban J connectivity index is 1.49. The summed E-state index contributed by atoms with van der Waals surface area (Å²) in [6.07, 6.45) is 2.02. The minimum Gasteiger partial charge on any atom is -0.352 e. The van der Waals surface area contributed by atoms with Crippen LogP contribution in [0.3, 0.4) is 0 Å². The zero-order valence-electron chi connectivity index (χ0n) is 20.7. The molecule has 1 amide bonds. The maximum atomic E-state index is 14.8. The number of carbonyl (C=O) groups is 1. The second-order valence-electron chi connectivity index (χ2n) is 9.10. The average Bonchev–Trinajstić information content (AvgIpc) is 3.38. The van der Waals surface area contributed by atoms with E-state index in [-0.39, 0.29) is 30.2 Å². The van der Waals surface area contributed by atoms with Crippen LogP contribution >= 0.6 is 12.2 Å². The lowest BCUT2D eigenvalue weighted by atomic mass is 9.96. The lowest BCUT2D eigenvalue weighted by molar-refractivity contribution is -0.116. The predicted octanol–water partition coefficient (Wildman–Crippen LogP) is 5.63. The van der Waals surface area contributed by atoms with Crippen molar-refractivity contribution in [3.8, 4) is 5.69 Å². The van der Waals surface area contributed by atoms with Gasteiger partial charge in [0, 0.05) is 36.2 Å². The molecule has 2 N–H and O–H groups in total. The SMILES string of the molecule is Cc1cc([C@@H]2[C@@H](c3ccccn3)NC(=S)N2CCC(=O)Nc2ccccc2)c(C)n1-c1ccccc1F. The molecule has 4 aromatic rings. The normalized spacial score (nSPS) is 17.1. The summed E-state index contributed by atoms with van der Waals surface area (Å²) < 4.78 is 16.7. The van der Waals surface area contributed by atoms with E-state index >= 15 is 0 Å². The fourth-order valence-electron chi connectivity index (χ4n) is 5.04. The molecular weight excluding hydrogens is 485 g/mol. The standard InChI is InChI=1S/C29H28FN5OS/c1-19-18-22(20(2)35(19)25-14-7-6-12-23(25)30)28-27(24-13-8-9-16-31-24)33-29(37)34(28)17-15-26(36)32-21-10-4-3-5-11-21/h3-14,16,18,27-28H,15,17H2,1-2H3,(H,32,36)(H,33,37)/t27-,28-/m1/s1. The molecule has 0 saturated carbocycles. The monoisotopic (exact) mass is 513 g/mol. The first-order valence-electron chi connectivity index (χ1n) is 12.2. The van der Waals surface area contributed by atoms with Gasteiger partial charge in [-0.3, -0.25) is 9.78 Å². The van der Waals surface area contributed by atoms with Crippen molar-refractivity contribution < 1.29 is 9.18 Å². The van der Waals surface area contributed by atoms with E-state index in [1.807, 2.05) is 77.9 Å². The molecule has 37 heavy (non-hydrogen) atoms. The molecule has 5 rings (SSSR count). The summed E-state index contributed by atoms with van der Waals surface area (Å²) in [6.45, 7) is 4.38. The van der Waals surface area contributed by atoms with Gasteiger partial charge in [-0.2, -0.15) is 0 Å². The number of nitrogens with one attached hydrogen (secondary N) is 2. The van der Waals surface area contributed by atoms with Crippen molar-refractivity contribution in [3.63, 3.8) is 0 Å². The van der Waals surface area contributed by atoms with Crippen LogP contribution in [0.1, 0.15) is 41.1 Å². The van der Waals surface area contributed by atoms with Gasteiger partial charge in [-0.25, -0.2) is 4.39 Å². The van der Waals surface area contributed by atoms with Crippen molar-refractivity contribution in [2.45, 2.75) is 32.4 Å². The van der Waals surface area contributed by atoms with Crippen molar-refractivity contribution in [2.75, 3.05) is 11.9 Å². The number of para-hydroxylation sites is 2. The second kappa shape index (κ2) is 10.5. The average molecular weight is 514 g/mol. The molecule has 0 spiro atoms. The van der Waals surface area contributed by atoms with Crippen LogP contribution in [-0.4, -0.2) is 32.0 Å². The number of thiocarbonyl (C=S) groups is 1. The Bertz CT molecular complexity index is 1420. The minimum absolute atomic E-state index is 0.0918. The van der Waals surface area contributed by atoms with Gasteiger partial charge >= 0.3 is 0 Å². The van der Waals surface area contributed by atoms with Gasteiger partial charge < -0.3 is 20.1 Å². The van der Waals surface area contributed by atoms with E-state index in [4.69, 9.17) is 12.2 Å². The summed E-state index contributed by atoms with van der Waals surface area (Å²) in [4.78, 5) is 19.4. The Morgan fingerprint density at radius 1 is 1.05 bits per heavy atom. The maximum absolute atomic E-state index is 14.8. The fourth-order valence-corrected chi connectivity index (χ4v) is 5.37. The quantitative estimate of drug-likeness (QED) is 0.314. The molecule has 0 radical (unpaired) electrons.